The standard InChI is InChI=1S/C23H38N4O2/c1-19-6-4-7-20(16-19)21(27-11-14-29-15-12-27)17-25-22(24-2)26-18-23(8-5-9-23)10-13-28-3/h4,6-7,16,21H,5,8-15,17-18H2,1-3H3,(H2,24,25,26). The van der Waals surface area contributed by atoms with Crippen LogP contribution >= 0.6 is 0 Å². The van der Waals surface area contributed by atoms with Gasteiger partial charge < -0.3 is 20.1 Å². The van der Waals surface area contributed by atoms with Crippen LogP contribution in [-0.4, -0.2) is 71.0 Å². The molecule has 2 fully saturated rings. The van der Waals surface area contributed by atoms with Crippen LogP contribution in [0, 0.1) is 12.3 Å². The van der Waals surface area contributed by atoms with E-state index in [1.807, 2.05) is 7.05 Å². The van der Waals surface area contributed by atoms with Gasteiger partial charge in [0.1, 0.15) is 0 Å². The number of ether oxygens (including phenoxy) is 2. The van der Waals surface area contributed by atoms with Crippen LogP contribution in [0.2, 0.25) is 0 Å². The van der Waals surface area contributed by atoms with Crippen LogP contribution in [-0.2, 0) is 9.47 Å². The Kier molecular flexibility index (Phi) is 8.33. The Balaban J connectivity index is 1.59. The molecule has 1 aliphatic carbocycles. The molecule has 0 aromatic heterocycles. The third-order valence-electron chi connectivity index (χ3n) is 6.48. The zero-order valence-corrected chi connectivity index (χ0v) is 18.4. The number of nitrogens with zero attached hydrogens (tertiary/aromatic N) is 2. The summed E-state index contributed by atoms with van der Waals surface area (Å²) in [5, 5.41) is 7.17. The lowest BCUT2D eigenvalue weighted by Crippen LogP contribution is -2.49. The number of benzene rings is 1. The third kappa shape index (κ3) is 6.17. The number of rotatable bonds is 9. The second-order valence-electron chi connectivity index (χ2n) is 8.48. The maximum atomic E-state index is 5.57. The van der Waals surface area contributed by atoms with Crippen LogP contribution in [0.4, 0.5) is 0 Å². The fourth-order valence-electron chi connectivity index (χ4n) is 4.42. The summed E-state index contributed by atoms with van der Waals surface area (Å²) in [5.41, 5.74) is 3.02. The predicted octanol–water partition coefficient (Wildman–Crippen LogP) is 2.74. The lowest BCUT2D eigenvalue weighted by atomic mass is 9.67. The van der Waals surface area contributed by atoms with Gasteiger partial charge in [-0.1, -0.05) is 36.2 Å². The molecule has 0 amide bonds. The molecule has 1 saturated carbocycles. The summed E-state index contributed by atoms with van der Waals surface area (Å²) in [5.74, 6) is 0.889. The van der Waals surface area contributed by atoms with E-state index in [0.29, 0.717) is 11.5 Å². The van der Waals surface area contributed by atoms with Gasteiger partial charge in [0.15, 0.2) is 5.96 Å². The van der Waals surface area contributed by atoms with Gasteiger partial charge in [-0.15, -0.1) is 0 Å². The lowest BCUT2D eigenvalue weighted by Gasteiger charge is -2.42. The molecule has 1 atom stereocenters. The van der Waals surface area contributed by atoms with Gasteiger partial charge in [-0.2, -0.15) is 0 Å². The number of aryl methyl sites for hydroxylation is 1. The zero-order valence-electron chi connectivity index (χ0n) is 18.4. The molecule has 162 valence electrons. The van der Waals surface area contributed by atoms with E-state index in [1.54, 1.807) is 7.11 Å². The van der Waals surface area contributed by atoms with E-state index < -0.39 is 0 Å². The molecule has 3 rings (SSSR count). The van der Waals surface area contributed by atoms with Gasteiger partial charge >= 0.3 is 0 Å². The first kappa shape index (κ1) is 22.1. The summed E-state index contributed by atoms with van der Waals surface area (Å²) >= 11 is 0. The quantitative estimate of drug-likeness (QED) is 0.491. The fourth-order valence-corrected chi connectivity index (χ4v) is 4.42. The molecule has 1 aliphatic heterocycles. The molecular formula is C23H38N4O2. The molecule has 29 heavy (non-hydrogen) atoms. The van der Waals surface area contributed by atoms with Crippen molar-refractivity contribution in [1.82, 2.24) is 15.5 Å². The van der Waals surface area contributed by atoms with Crippen molar-refractivity contribution >= 4 is 5.96 Å². The van der Waals surface area contributed by atoms with Crippen molar-refractivity contribution in [2.75, 3.05) is 60.2 Å². The molecule has 1 aromatic carbocycles. The molecule has 1 saturated heterocycles. The minimum Gasteiger partial charge on any atom is -0.385 e. The maximum absolute atomic E-state index is 5.57. The monoisotopic (exact) mass is 402 g/mol. The van der Waals surface area contributed by atoms with Crippen molar-refractivity contribution in [2.24, 2.45) is 10.4 Å². The summed E-state index contributed by atoms with van der Waals surface area (Å²) < 4.78 is 10.9. The third-order valence-corrected chi connectivity index (χ3v) is 6.48. The van der Waals surface area contributed by atoms with Gasteiger partial charge in [0.05, 0.1) is 19.3 Å². The average Bonchev–Trinajstić information content (AvgIpc) is 2.72. The number of nitrogens with one attached hydrogen (secondary N) is 2. The second kappa shape index (κ2) is 11.0. The van der Waals surface area contributed by atoms with E-state index in [0.717, 1.165) is 58.4 Å². The van der Waals surface area contributed by atoms with E-state index in [9.17, 15) is 0 Å². The Labute approximate surface area is 176 Å². The van der Waals surface area contributed by atoms with Gasteiger partial charge in [0, 0.05) is 46.9 Å². The summed E-state index contributed by atoms with van der Waals surface area (Å²) in [6.45, 7) is 8.32. The Bertz CT molecular complexity index is 654. The minimum absolute atomic E-state index is 0.309. The van der Waals surface area contributed by atoms with Gasteiger partial charge in [0.2, 0.25) is 0 Å². The number of hydrogen-bond donors (Lipinski definition) is 2. The second-order valence-corrected chi connectivity index (χ2v) is 8.48. The summed E-state index contributed by atoms with van der Waals surface area (Å²) in [7, 11) is 3.64. The molecule has 1 heterocycles. The molecular weight excluding hydrogens is 364 g/mol. The molecule has 6 heteroatoms. The first-order valence-electron chi connectivity index (χ1n) is 11.0. The van der Waals surface area contributed by atoms with Crippen molar-refractivity contribution in [3.8, 4) is 0 Å². The van der Waals surface area contributed by atoms with Crippen LogP contribution in [0.1, 0.15) is 42.9 Å². The van der Waals surface area contributed by atoms with E-state index in [1.165, 1.54) is 30.4 Å². The molecule has 2 N–H and O–H groups in total. The van der Waals surface area contributed by atoms with Crippen molar-refractivity contribution in [3.05, 3.63) is 35.4 Å². The zero-order chi connectivity index (χ0) is 20.5. The Morgan fingerprint density at radius 1 is 1.28 bits per heavy atom. The van der Waals surface area contributed by atoms with Gasteiger partial charge in [-0.05, 0) is 37.2 Å². The first-order chi connectivity index (χ1) is 14.2. The van der Waals surface area contributed by atoms with Gasteiger partial charge in [-0.25, -0.2) is 0 Å². The largest absolute Gasteiger partial charge is 0.385 e. The normalized spacial score (nSPS) is 20.7. The highest BCUT2D eigenvalue weighted by atomic mass is 16.5. The van der Waals surface area contributed by atoms with Crippen LogP contribution in [0.5, 0.6) is 0 Å². The molecule has 0 bridgehead atoms. The fraction of sp³-hybridized carbons (Fsp3) is 0.696. The predicted molar refractivity (Wildman–Crippen MR) is 118 cm³/mol. The Morgan fingerprint density at radius 3 is 2.69 bits per heavy atom. The topological polar surface area (TPSA) is 58.1 Å². The molecule has 1 unspecified atom stereocenters. The molecule has 6 nitrogen and oxygen atoms in total. The summed E-state index contributed by atoms with van der Waals surface area (Å²) in [6.07, 6.45) is 5.00. The minimum atomic E-state index is 0.309. The molecule has 2 aliphatic rings. The van der Waals surface area contributed by atoms with E-state index in [4.69, 9.17) is 9.47 Å². The number of guanidine groups is 1. The highest BCUT2D eigenvalue weighted by Gasteiger charge is 2.36. The van der Waals surface area contributed by atoms with Gasteiger partial charge in [-0.3, -0.25) is 9.89 Å². The van der Waals surface area contributed by atoms with Crippen LogP contribution < -0.4 is 10.6 Å². The van der Waals surface area contributed by atoms with Gasteiger partial charge in [0.25, 0.3) is 0 Å². The van der Waals surface area contributed by atoms with Crippen LogP contribution in [0.15, 0.2) is 29.3 Å². The summed E-state index contributed by atoms with van der Waals surface area (Å²) in [6, 6.07) is 9.15. The van der Waals surface area contributed by atoms with Crippen molar-refractivity contribution < 1.29 is 9.47 Å². The maximum Gasteiger partial charge on any atom is 0.191 e. The molecule has 1 aromatic rings. The number of methoxy groups -OCH3 is 1. The van der Waals surface area contributed by atoms with Crippen molar-refractivity contribution in [3.63, 3.8) is 0 Å². The van der Waals surface area contributed by atoms with Crippen LogP contribution in [0.25, 0.3) is 0 Å². The molecule has 0 spiro atoms. The number of aliphatic imine (C=N–C) groups is 1. The van der Waals surface area contributed by atoms with Crippen LogP contribution in [0.3, 0.4) is 0 Å². The highest BCUT2D eigenvalue weighted by Crippen LogP contribution is 2.43. The van der Waals surface area contributed by atoms with E-state index >= 15 is 0 Å². The smallest absolute Gasteiger partial charge is 0.191 e. The SMILES string of the molecule is CN=C(NCC(c1cccc(C)c1)N1CCOCC1)NCC1(CCOC)CCC1. The number of morpholine rings is 1. The van der Waals surface area contributed by atoms with Crippen molar-refractivity contribution in [1.29, 1.82) is 0 Å². The first-order valence-corrected chi connectivity index (χ1v) is 11.0. The molecule has 0 radical (unpaired) electrons. The Hall–Kier alpha value is -1.63. The summed E-state index contributed by atoms with van der Waals surface area (Å²) in [4.78, 5) is 7.00. The highest BCUT2D eigenvalue weighted by molar-refractivity contribution is 5.79. The lowest BCUT2D eigenvalue weighted by molar-refractivity contribution is 0.0169. The van der Waals surface area contributed by atoms with Crippen molar-refractivity contribution in [2.45, 2.75) is 38.6 Å². The Morgan fingerprint density at radius 2 is 2.07 bits per heavy atom. The van der Waals surface area contributed by atoms with E-state index in [2.05, 4.69) is 51.7 Å². The van der Waals surface area contributed by atoms with E-state index in [-0.39, 0.29) is 0 Å². The average molecular weight is 403 g/mol. The number of hydrogen-bond acceptors (Lipinski definition) is 4.